The zero-order valence-corrected chi connectivity index (χ0v) is 28.3. The van der Waals surface area contributed by atoms with Gasteiger partial charge < -0.3 is 29.7 Å². The van der Waals surface area contributed by atoms with Crippen molar-refractivity contribution in [1.82, 2.24) is 30.1 Å². The van der Waals surface area contributed by atoms with E-state index < -0.39 is 65.6 Å². The molecule has 0 bridgehead atoms. The molecule has 13 heteroatoms. The van der Waals surface area contributed by atoms with E-state index in [9.17, 15) is 24.3 Å². The molecule has 0 aliphatic carbocycles. The minimum Gasteiger partial charge on any atom is -0.455 e. The van der Waals surface area contributed by atoms with E-state index in [0.29, 0.717) is 17.5 Å². The van der Waals surface area contributed by atoms with Gasteiger partial charge in [-0.3, -0.25) is 19.2 Å². The van der Waals surface area contributed by atoms with Crippen molar-refractivity contribution < 1.29 is 33.8 Å². The lowest BCUT2D eigenvalue weighted by molar-refractivity contribution is -0.162. The lowest BCUT2D eigenvalue weighted by atomic mass is 9.77. The van der Waals surface area contributed by atoms with Gasteiger partial charge in [-0.1, -0.05) is 85.8 Å². The number of aliphatic hydroxyl groups excluding tert-OH is 1. The van der Waals surface area contributed by atoms with E-state index in [4.69, 9.17) is 9.47 Å². The number of aromatic nitrogens is 3. The number of ether oxygens (including phenoxy) is 2. The van der Waals surface area contributed by atoms with E-state index in [2.05, 4.69) is 15.6 Å². The summed E-state index contributed by atoms with van der Waals surface area (Å²) < 4.78 is 14.7. The van der Waals surface area contributed by atoms with Crippen LogP contribution in [0.5, 0.6) is 0 Å². The highest BCUT2D eigenvalue weighted by molar-refractivity contribution is 5.99. The van der Waals surface area contributed by atoms with Gasteiger partial charge in [-0.05, 0) is 37.0 Å². The number of esters is 1. The normalized spacial score (nSPS) is 31.3. The van der Waals surface area contributed by atoms with Crippen LogP contribution in [0.4, 0.5) is 0 Å². The Bertz CT molecular complexity index is 1840. The molecular weight excluding hydrogens is 640 g/mol. The molecule has 0 radical (unpaired) electrons. The van der Waals surface area contributed by atoms with Gasteiger partial charge in [0.2, 0.25) is 11.8 Å². The number of carbonyl (C=O) groups excluding carboxylic acids is 4. The summed E-state index contributed by atoms with van der Waals surface area (Å²) in [6.07, 6.45) is 5.83. The number of amides is 3. The maximum absolute atomic E-state index is 14.9. The number of aliphatic hydroxyl groups is 1. The van der Waals surface area contributed by atoms with Crippen LogP contribution in [0.2, 0.25) is 0 Å². The maximum atomic E-state index is 14.9. The first-order chi connectivity index (χ1) is 24.1. The molecule has 2 saturated heterocycles. The van der Waals surface area contributed by atoms with Crippen LogP contribution in [0, 0.1) is 17.8 Å². The van der Waals surface area contributed by atoms with E-state index in [1.807, 2.05) is 68.4 Å². The average molecular weight is 683 g/mol. The number of rotatable bonds is 6. The molecule has 2 N–H and O–H groups in total. The summed E-state index contributed by atoms with van der Waals surface area (Å²) in [6.45, 7) is 5.39. The number of nitrogens with one attached hydrogen (secondary N) is 1. The Hall–Kier alpha value is -4.88. The Morgan fingerprint density at radius 3 is 2.54 bits per heavy atom. The van der Waals surface area contributed by atoms with Crippen LogP contribution in [0.1, 0.15) is 45.3 Å². The predicted molar refractivity (Wildman–Crippen MR) is 181 cm³/mol. The number of cyclic esters (lactones) is 1. The number of hydrogen-bond donors (Lipinski definition) is 2. The summed E-state index contributed by atoms with van der Waals surface area (Å²) in [7, 11) is 0. The molecule has 4 aliphatic rings. The molecule has 5 heterocycles. The van der Waals surface area contributed by atoms with Crippen molar-refractivity contribution in [3.63, 3.8) is 0 Å². The number of fused-ring (bicyclic) bond motifs is 3. The quantitative estimate of drug-likeness (QED) is 0.295. The topological polar surface area (TPSA) is 156 Å². The second-order valence-electron chi connectivity index (χ2n) is 13.9. The Kier molecular flexibility index (Phi) is 9.04. The van der Waals surface area contributed by atoms with Crippen LogP contribution in [0.25, 0.3) is 11.0 Å². The molecule has 262 valence electrons. The SMILES string of the molecule is CC(C)[C@H](CO)N1C(=O)[C@@H]2[C@H]3C(=O)O[C@H](c4ccccc4)[C@@H](C)NC(=O)CC/C=C\[C@H]3O[C@@]23C=CCN(Cn2nnc4ccccc42)C(=O)[C@@H]13. The molecule has 1 spiro atoms. The molecular formula is C37H42N6O7. The number of likely N-dealkylation sites (tertiary alicyclic amines) is 1. The van der Waals surface area contributed by atoms with Crippen molar-refractivity contribution in [3.05, 3.63) is 84.5 Å². The smallest absolute Gasteiger partial charge is 0.313 e. The van der Waals surface area contributed by atoms with E-state index in [0.717, 1.165) is 5.52 Å². The Balaban J connectivity index is 1.31. The van der Waals surface area contributed by atoms with Crippen molar-refractivity contribution in [2.45, 2.75) is 76.2 Å². The number of benzene rings is 2. The van der Waals surface area contributed by atoms with E-state index in [1.165, 1.54) is 4.90 Å². The molecule has 13 nitrogen and oxygen atoms in total. The van der Waals surface area contributed by atoms with Crippen molar-refractivity contribution in [2.75, 3.05) is 13.2 Å². The van der Waals surface area contributed by atoms with E-state index in [-0.39, 0.29) is 38.1 Å². The lowest BCUT2D eigenvalue weighted by Gasteiger charge is -2.39. The van der Waals surface area contributed by atoms with E-state index >= 15 is 0 Å². The van der Waals surface area contributed by atoms with Gasteiger partial charge in [0.1, 0.15) is 35.9 Å². The molecule has 50 heavy (non-hydrogen) atoms. The first kappa shape index (κ1) is 33.6. The fourth-order valence-electron chi connectivity index (χ4n) is 7.98. The zero-order chi connectivity index (χ0) is 35.2. The highest BCUT2D eigenvalue weighted by atomic mass is 16.6. The van der Waals surface area contributed by atoms with Gasteiger partial charge >= 0.3 is 5.97 Å². The van der Waals surface area contributed by atoms with Gasteiger partial charge in [0, 0.05) is 13.0 Å². The van der Waals surface area contributed by atoms with Crippen LogP contribution < -0.4 is 5.32 Å². The third-order valence-corrected chi connectivity index (χ3v) is 10.4. The molecule has 0 unspecified atom stereocenters. The van der Waals surface area contributed by atoms with Crippen molar-refractivity contribution in [1.29, 1.82) is 0 Å². The molecule has 0 saturated carbocycles. The number of para-hydroxylation sites is 1. The maximum Gasteiger partial charge on any atom is 0.313 e. The molecule has 3 amide bonds. The summed E-state index contributed by atoms with van der Waals surface area (Å²) in [5.41, 5.74) is 0.563. The molecule has 8 atom stereocenters. The Morgan fingerprint density at radius 1 is 1.02 bits per heavy atom. The van der Waals surface area contributed by atoms with E-state index in [1.54, 1.807) is 40.8 Å². The standard InChI is InChI=1S/C37H42N6O7/c1-22(2)27(20-44)43-33-35(47)41(21-42-26-15-8-7-14-25(26)39-40-42)19-11-18-37(33)31(34(43)46)30-28(50-37)16-9-10-17-29(45)38-23(3)32(49-36(30)48)24-12-5-4-6-13-24/h4-9,11-16,18,22-23,27-28,30-33,44H,10,17,19-21H2,1-3H3,(H,38,45)/b16-9-/t23-,27+,28-,30+,31+,32+,33-,37+/m1/s1. The summed E-state index contributed by atoms with van der Waals surface area (Å²) in [4.78, 5) is 60.1. The molecule has 2 aromatic carbocycles. The number of nitrogens with zero attached hydrogens (tertiary/aromatic N) is 5. The van der Waals surface area contributed by atoms with Crippen molar-refractivity contribution in [2.24, 2.45) is 17.8 Å². The minimum atomic E-state index is -1.55. The summed E-state index contributed by atoms with van der Waals surface area (Å²) in [6, 6.07) is 14.1. The van der Waals surface area contributed by atoms with Gasteiger partial charge in [0.15, 0.2) is 0 Å². The third-order valence-electron chi connectivity index (χ3n) is 10.4. The molecule has 2 fully saturated rings. The summed E-state index contributed by atoms with van der Waals surface area (Å²) in [5, 5.41) is 22.1. The van der Waals surface area contributed by atoms with Gasteiger partial charge in [0.25, 0.3) is 5.91 Å². The van der Waals surface area contributed by atoms with Gasteiger partial charge in [-0.15, -0.1) is 5.10 Å². The predicted octanol–water partition coefficient (Wildman–Crippen LogP) is 2.52. The van der Waals surface area contributed by atoms with Gasteiger partial charge in [-0.25, -0.2) is 4.68 Å². The third kappa shape index (κ3) is 5.67. The first-order valence-corrected chi connectivity index (χ1v) is 17.2. The average Bonchev–Trinajstić information content (AvgIpc) is 3.70. The second-order valence-corrected chi connectivity index (χ2v) is 13.9. The van der Waals surface area contributed by atoms with Crippen molar-refractivity contribution >= 4 is 34.7 Å². The van der Waals surface area contributed by atoms with Crippen LogP contribution >= 0.6 is 0 Å². The molecule has 7 rings (SSSR count). The van der Waals surface area contributed by atoms with Crippen LogP contribution in [-0.4, -0.2) is 96.6 Å². The highest BCUT2D eigenvalue weighted by Gasteiger charge is 2.72. The second kappa shape index (κ2) is 13.4. The molecule has 4 aliphatic heterocycles. The highest BCUT2D eigenvalue weighted by Crippen LogP contribution is 2.54. The number of carbonyl (C=O) groups is 4. The summed E-state index contributed by atoms with van der Waals surface area (Å²) >= 11 is 0. The molecule has 1 aromatic heterocycles. The number of allylic oxidation sites excluding steroid dienone is 1. The largest absolute Gasteiger partial charge is 0.455 e. The van der Waals surface area contributed by atoms with Crippen LogP contribution in [0.15, 0.2) is 78.9 Å². The van der Waals surface area contributed by atoms with Crippen LogP contribution in [0.3, 0.4) is 0 Å². The van der Waals surface area contributed by atoms with Gasteiger partial charge in [-0.2, -0.15) is 0 Å². The Labute approximate surface area is 289 Å². The molecule has 3 aromatic rings. The van der Waals surface area contributed by atoms with Gasteiger partial charge in [0.05, 0.1) is 36.2 Å². The fraction of sp³-hybridized carbons (Fsp3) is 0.459. The number of hydrogen-bond acceptors (Lipinski definition) is 9. The monoisotopic (exact) mass is 682 g/mol. The Morgan fingerprint density at radius 2 is 1.78 bits per heavy atom. The first-order valence-electron chi connectivity index (χ1n) is 17.2. The minimum absolute atomic E-state index is 0.0565. The lowest BCUT2D eigenvalue weighted by Crippen LogP contribution is -2.59. The van der Waals surface area contributed by atoms with Crippen LogP contribution in [-0.2, 0) is 35.3 Å². The fourth-order valence-corrected chi connectivity index (χ4v) is 7.98. The van der Waals surface area contributed by atoms with Crippen molar-refractivity contribution in [3.8, 4) is 0 Å². The zero-order valence-electron chi connectivity index (χ0n) is 28.3. The summed E-state index contributed by atoms with van der Waals surface area (Å²) in [5.74, 6) is -4.19.